The lowest BCUT2D eigenvalue weighted by atomic mass is 9.93. The van der Waals surface area contributed by atoms with Crippen LogP contribution in [-0.2, 0) is 9.53 Å². The number of benzene rings is 1. The number of amides is 2. The molecule has 2 amide bonds. The number of nitrogens with zero attached hydrogens (tertiary/aromatic N) is 3. The average molecular weight is 447 g/mol. The van der Waals surface area contributed by atoms with Crippen molar-refractivity contribution in [3.8, 4) is 11.5 Å². The van der Waals surface area contributed by atoms with E-state index in [1.165, 1.54) is 4.90 Å². The SMILES string of the molecule is CCOC(=O)C1=C(CN2CCN(CC)CC2)N(C)C(=O)NC1c1ccc(OC)cc1OC. The van der Waals surface area contributed by atoms with Crippen molar-refractivity contribution in [2.45, 2.75) is 19.9 Å². The first kappa shape index (κ1) is 23.9. The first-order valence-corrected chi connectivity index (χ1v) is 11.0. The average Bonchev–Trinajstić information content (AvgIpc) is 2.81. The van der Waals surface area contributed by atoms with Crippen molar-refractivity contribution < 1.29 is 23.8 Å². The maximum atomic E-state index is 13.2. The van der Waals surface area contributed by atoms with Gasteiger partial charge in [-0.2, -0.15) is 0 Å². The van der Waals surface area contributed by atoms with E-state index < -0.39 is 12.0 Å². The zero-order valence-corrected chi connectivity index (χ0v) is 19.6. The zero-order valence-electron chi connectivity index (χ0n) is 19.6. The highest BCUT2D eigenvalue weighted by atomic mass is 16.5. The first-order valence-electron chi connectivity index (χ1n) is 11.0. The summed E-state index contributed by atoms with van der Waals surface area (Å²) >= 11 is 0. The summed E-state index contributed by atoms with van der Waals surface area (Å²) in [6.07, 6.45) is 0. The topological polar surface area (TPSA) is 83.6 Å². The Kier molecular flexibility index (Phi) is 7.98. The molecule has 2 heterocycles. The lowest BCUT2D eigenvalue weighted by Crippen LogP contribution is -2.52. The summed E-state index contributed by atoms with van der Waals surface area (Å²) in [6.45, 7) is 9.36. The minimum absolute atomic E-state index is 0.245. The maximum Gasteiger partial charge on any atom is 0.338 e. The summed E-state index contributed by atoms with van der Waals surface area (Å²) in [7, 11) is 4.82. The number of urea groups is 1. The van der Waals surface area contributed by atoms with Crippen LogP contribution < -0.4 is 14.8 Å². The molecule has 0 aromatic heterocycles. The van der Waals surface area contributed by atoms with Crippen LogP contribution >= 0.6 is 0 Å². The van der Waals surface area contributed by atoms with E-state index in [9.17, 15) is 9.59 Å². The standard InChI is InChI=1S/C23H34N4O5/c1-6-26-10-12-27(13-11-26)15-18-20(22(28)32-7-2)21(24-23(29)25(18)3)17-9-8-16(30-4)14-19(17)31-5/h8-9,14,21H,6-7,10-13,15H2,1-5H3,(H,24,29). The molecule has 9 heteroatoms. The fourth-order valence-electron chi connectivity index (χ4n) is 4.16. The van der Waals surface area contributed by atoms with Gasteiger partial charge in [0.2, 0.25) is 0 Å². The van der Waals surface area contributed by atoms with E-state index in [1.54, 1.807) is 40.3 Å². The molecule has 2 aliphatic heterocycles. The van der Waals surface area contributed by atoms with Gasteiger partial charge in [0.15, 0.2) is 0 Å². The molecular formula is C23H34N4O5. The van der Waals surface area contributed by atoms with Crippen molar-refractivity contribution in [1.29, 1.82) is 0 Å². The number of methoxy groups -OCH3 is 2. The predicted octanol–water partition coefficient (Wildman–Crippen LogP) is 1.85. The van der Waals surface area contributed by atoms with Crippen molar-refractivity contribution in [3.63, 3.8) is 0 Å². The van der Waals surface area contributed by atoms with Crippen LogP contribution in [0.4, 0.5) is 4.79 Å². The van der Waals surface area contributed by atoms with Gasteiger partial charge < -0.3 is 24.4 Å². The van der Waals surface area contributed by atoms with E-state index >= 15 is 0 Å². The van der Waals surface area contributed by atoms with Gasteiger partial charge in [-0.25, -0.2) is 9.59 Å². The number of ether oxygens (including phenoxy) is 3. The fraction of sp³-hybridized carbons (Fsp3) is 0.565. The van der Waals surface area contributed by atoms with Gasteiger partial charge >= 0.3 is 12.0 Å². The van der Waals surface area contributed by atoms with Crippen LogP contribution in [0.1, 0.15) is 25.5 Å². The third kappa shape index (κ3) is 4.99. The second-order valence-corrected chi connectivity index (χ2v) is 7.84. The smallest absolute Gasteiger partial charge is 0.338 e. The molecule has 9 nitrogen and oxygen atoms in total. The molecule has 0 radical (unpaired) electrons. The summed E-state index contributed by atoms with van der Waals surface area (Å²) in [5.41, 5.74) is 1.75. The summed E-state index contributed by atoms with van der Waals surface area (Å²) in [5, 5.41) is 2.95. The molecule has 1 aromatic carbocycles. The highest BCUT2D eigenvalue weighted by molar-refractivity contribution is 5.95. The molecule has 32 heavy (non-hydrogen) atoms. The van der Waals surface area contributed by atoms with E-state index in [0.29, 0.717) is 34.9 Å². The summed E-state index contributed by atoms with van der Waals surface area (Å²) in [5.74, 6) is 0.710. The Balaban J connectivity index is 2.04. The number of likely N-dealkylation sites (N-methyl/N-ethyl adjacent to an activating group) is 2. The molecule has 1 unspecified atom stereocenters. The number of hydrogen-bond acceptors (Lipinski definition) is 7. The Bertz CT molecular complexity index is 864. The van der Waals surface area contributed by atoms with Crippen LogP contribution in [-0.4, -0.2) is 93.8 Å². The normalized spacial score (nSPS) is 20.2. The van der Waals surface area contributed by atoms with Gasteiger partial charge in [0.05, 0.1) is 32.4 Å². The molecule has 1 fully saturated rings. The van der Waals surface area contributed by atoms with E-state index in [1.807, 2.05) is 6.07 Å². The van der Waals surface area contributed by atoms with E-state index in [-0.39, 0.29) is 12.6 Å². The van der Waals surface area contributed by atoms with Gasteiger partial charge in [0.25, 0.3) is 0 Å². The van der Waals surface area contributed by atoms with Gasteiger partial charge in [-0.05, 0) is 25.6 Å². The lowest BCUT2D eigenvalue weighted by Gasteiger charge is -2.39. The molecule has 2 aliphatic rings. The lowest BCUT2D eigenvalue weighted by molar-refractivity contribution is -0.139. The molecule has 1 atom stereocenters. The number of carbonyl (C=O) groups excluding carboxylic acids is 2. The molecular weight excluding hydrogens is 412 g/mol. The molecule has 0 saturated carbocycles. The molecule has 1 saturated heterocycles. The van der Waals surface area contributed by atoms with Crippen LogP contribution in [0.2, 0.25) is 0 Å². The van der Waals surface area contributed by atoms with Crippen LogP contribution in [0.5, 0.6) is 11.5 Å². The van der Waals surface area contributed by atoms with Gasteiger partial charge in [0.1, 0.15) is 11.5 Å². The number of piperazine rings is 1. The fourth-order valence-corrected chi connectivity index (χ4v) is 4.16. The zero-order chi connectivity index (χ0) is 23.3. The largest absolute Gasteiger partial charge is 0.497 e. The highest BCUT2D eigenvalue weighted by Gasteiger charge is 2.38. The predicted molar refractivity (Wildman–Crippen MR) is 121 cm³/mol. The van der Waals surface area contributed by atoms with E-state index in [4.69, 9.17) is 14.2 Å². The van der Waals surface area contributed by atoms with E-state index in [2.05, 4.69) is 22.0 Å². The van der Waals surface area contributed by atoms with Crippen LogP contribution in [0.15, 0.2) is 29.5 Å². The number of esters is 1. The van der Waals surface area contributed by atoms with Crippen molar-refractivity contribution in [3.05, 3.63) is 35.0 Å². The van der Waals surface area contributed by atoms with Crippen molar-refractivity contribution in [2.75, 3.05) is 67.1 Å². The third-order valence-electron chi connectivity index (χ3n) is 6.11. The Hall–Kier alpha value is -2.78. The quantitative estimate of drug-likeness (QED) is 0.610. The molecule has 1 aromatic rings. The summed E-state index contributed by atoms with van der Waals surface area (Å²) in [6, 6.07) is 4.37. The Labute approximate surface area is 189 Å². The highest BCUT2D eigenvalue weighted by Crippen LogP contribution is 2.37. The molecule has 0 aliphatic carbocycles. The second-order valence-electron chi connectivity index (χ2n) is 7.84. The van der Waals surface area contributed by atoms with Crippen molar-refractivity contribution >= 4 is 12.0 Å². The monoisotopic (exact) mass is 446 g/mol. The minimum Gasteiger partial charge on any atom is -0.497 e. The second kappa shape index (κ2) is 10.7. The number of rotatable bonds is 8. The van der Waals surface area contributed by atoms with E-state index in [0.717, 1.165) is 32.7 Å². The Morgan fingerprint density at radius 3 is 2.38 bits per heavy atom. The van der Waals surface area contributed by atoms with Crippen LogP contribution in [0, 0.1) is 0 Å². The minimum atomic E-state index is -0.689. The molecule has 3 rings (SSSR count). The van der Waals surface area contributed by atoms with Gasteiger partial charge in [-0.15, -0.1) is 0 Å². The molecule has 0 spiro atoms. The number of hydrogen-bond donors (Lipinski definition) is 1. The molecule has 176 valence electrons. The molecule has 0 bridgehead atoms. The van der Waals surface area contributed by atoms with Crippen LogP contribution in [0.25, 0.3) is 0 Å². The van der Waals surface area contributed by atoms with Gasteiger partial charge in [0, 0.05) is 57.1 Å². The van der Waals surface area contributed by atoms with Crippen LogP contribution in [0.3, 0.4) is 0 Å². The Morgan fingerprint density at radius 1 is 1.09 bits per heavy atom. The number of nitrogens with one attached hydrogen (secondary N) is 1. The van der Waals surface area contributed by atoms with Gasteiger partial charge in [-0.1, -0.05) is 6.92 Å². The van der Waals surface area contributed by atoms with Crippen molar-refractivity contribution in [1.82, 2.24) is 20.0 Å². The van der Waals surface area contributed by atoms with Gasteiger partial charge in [-0.3, -0.25) is 9.80 Å². The van der Waals surface area contributed by atoms with Crippen molar-refractivity contribution in [2.24, 2.45) is 0 Å². The number of carbonyl (C=O) groups is 2. The first-order chi connectivity index (χ1) is 15.4. The molecule has 1 N–H and O–H groups in total. The Morgan fingerprint density at radius 2 is 1.78 bits per heavy atom. The summed E-state index contributed by atoms with van der Waals surface area (Å²) < 4.78 is 16.3. The third-order valence-corrected chi connectivity index (χ3v) is 6.11. The summed E-state index contributed by atoms with van der Waals surface area (Å²) in [4.78, 5) is 32.3. The maximum absolute atomic E-state index is 13.2.